The van der Waals surface area contributed by atoms with E-state index in [-0.39, 0.29) is 0 Å². The third-order valence-corrected chi connectivity index (χ3v) is 2.94. The first-order chi connectivity index (χ1) is 6.38. The van der Waals surface area contributed by atoms with Crippen LogP contribution in [0, 0.1) is 0 Å². The summed E-state index contributed by atoms with van der Waals surface area (Å²) in [5.74, 6) is 0.940. The van der Waals surface area contributed by atoms with Crippen LogP contribution in [-0.2, 0) is 11.2 Å². The number of benzene rings is 1. The number of aryl methyl sites for hydroxylation is 1. The van der Waals surface area contributed by atoms with Gasteiger partial charge in [0.05, 0.1) is 13.2 Å². The van der Waals surface area contributed by atoms with Gasteiger partial charge in [0, 0.05) is 0 Å². The highest BCUT2D eigenvalue weighted by Crippen LogP contribution is 2.47. The van der Waals surface area contributed by atoms with E-state index < -0.39 is 0 Å². The molecule has 2 aliphatic rings. The number of rotatable bonds is 1. The lowest BCUT2D eigenvalue weighted by Gasteiger charge is -2.12. The van der Waals surface area contributed by atoms with Crippen LogP contribution in [0.25, 0.3) is 0 Å². The van der Waals surface area contributed by atoms with Crippen molar-refractivity contribution in [3.8, 4) is 5.75 Å². The van der Waals surface area contributed by atoms with E-state index in [1.165, 1.54) is 17.5 Å². The molecule has 13 heavy (non-hydrogen) atoms. The molecule has 3 rings (SSSR count). The number of hydrogen-bond acceptors (Lipinski definition) is 2. The molecule has 1 aromatic carbocycles. The molecule has 0 bridgehead atoms. The highest BCUT2D eigenvalue weighted by atomic mass is 16.6. The summed E-state index contributed by atoms with van der Waals surface area (Å²) in [5.41, 5.74) is 2.77. The van der Waals surface area contributed by atoms with Gasteiger partial charge in [-0.1, -0.05) is 6.07 Å². The van der Waals surface area contributed by atoms with Crippen LogP contribution < -0.4 is 4.74 Å². The Morgan fingerprint density at radius 1 is 1.46 bits per heavy atom. The maximum absolute atomic E-state index is 5.55. The van der Waals surface area contributed by atoms with Crippen LogP contribution in [0.1, 0.15) is 23.7 Å². The molecule has 1 aliphatic heterocycles. The van der Waals surface area contributed by atoms with Gasteiger partial charge >= 0.3 is 0 Å². The Bertz CT molecular complexity index is 346. The maximum Gasteiger partial charge on any atom is 0.119 e. The van der Waals surface area contributed by atoms with Crippen LogP contribution in [0.2, 0.25) is 0 Å². The Morgan fingerprint density at radius 2 is 2.38 bits per heavy atom. The van der Waals surface area contributed by atoms with Crippen molar-refractivity contribution in [2.75, 3.05) is 7.11 Å². The zero-order valence-corrected chi connectivity index (χ0v) is 7.62. The van der Waals surface area contributed by atoms with Crippen molar-refractivity contribution in [2.24, 2.45) is 0 Å². The summed E-state index contributed by atoms with van der Waals surface area (Å²) in [4.78, 5) is 0. The standard InChI is InChI=1S/C11H12O2/c1-12-8-4-2-7-3-5-10-11(13-10)9(7)6-8/h2,4,6,10-11H,3,5H2,1H3. The number of ether oxygens (including phenoxy) is 2. The van der Waals surface area contributed by atoms with Gasteiger partial charge in [0.2, 0.25) is 0 Å². The monoisotopic (exact) mass is 176 g/mol. The van der Waals surface area contributed by atoms with Crippen LogP contribution >= 0.6 is 0 Å². The molecule has 0 aromatic heterocycles. The zero-order valence-electron chi connectivity index (χ0n) is 7.62. The van der Waals surface area contributed by atoms with E-state index in [0.29, 0.717) is 12.2 Å². The number of methoxy groups -OCH3 is 1. The molecule has 0 saturated carbocycles. The summed E-state index contributed by atoms with van der Waals surface area (Å²) in [5, 5.41) is 0. The highest BCUT2D eigenvalue weighted by Gasteiger charge is 2.43. The molecule has 1 aliphatic carbocycles. The third kappa shape index (κ3) is 1.05. The average Bonchev–Trinajstić information content (AvgIpc) is 2.96. The predicted molar refractivity (Wildman–Crippen MR) is 48.9 cm³/mol. The summed E-state index contributed by atoms with van der Waals surface area (Å²) in [7, 11) is 1.70. The Balaban J connectivity index is 2.06. The van der Waals surface area contributed by atoms with Crippen molar-refractivity contribution in [1.82, 2.24) is 0 Å². The zero-order chi connectivity index (χ0) is 8.84. The van der Waals surface area contributed by atoms with Crippen molar-refractivity contribution in [3.05, 3.63) is 29.3 Å². The SMILES string of the molecule is COc1ccc2c(c1)C1OC1CC2. The minimum atomic E-state index is 0.374. The molecule has 0 N–H and O–H groups in total. The molecule has 2 nitrogen and oxygen atoms in total. The molecule has 2 atom stereocenters. The van der Waals surface area contributed by atoms with E-state index in [0.717, 1.165) is 12.2 Å². The van der Waals surface area contributed by atoms with Gasteiger partial charge in [0.15, 0.2) is 0 Å². The topological polar surface area (TPSA) is 21.8 Å². The normalized spacial score (nSPS) is 29.0. The van der Waals surface area contributed by atoms with E-state index in [4.69, 9.17) is 9.47 Å². The summed E-state index contributed by atoms with van der Waals surface area (Å²) in [6, 6.07) is 6.30. The Morgan fingerprint density at radius 3 is 3.23 bits per heavy atom. The highest BCUT2D eigenvalue weighted by molar-refractivity contribution is 5.41. The van der Waals surface area contributed by atoms with Crippen molar-refractivity contribution >= 4 is 0 Å². The van der Waals surface area contributed by atoms with Gasteiger partial charge in [0.1, 0.15) is 11.9 Å². The fourth-order valence-corrected chi connectivity index (χ4v) is 2.13. The van der Waals surface area contributed by atoms with Crippen molar-refractivity contribution in [1.29, 1.82) is 0 Å². The summed E-state index contributed by atoms with van der Waals surface area (Å²) in [6.45, 7) is 0. The average molecular weight is 176 g/mol. The van der Waals surface area contributed by atoms with Gasteiger partial charge in [-0.25, -0.2) is 0 Å². The second-order valence-electron chi connectivity index (χ2n) is 3.70. The predicted octanol–water partition coefficient (Wildman–Crippen LogP) is 2.08. The van der Waals surface area contributed by atoms with Gasteiger partial charge in [-0.05, 0) is 36.1 Å². The van der Waals surface area contributed by atoms with Gasteiger partial charge in [-0.15, -0.1) is 0 Å². The smallest absolute Gasteiger partial charge is 0.119 e. The minimum absolute atomic E-state index is 0.374. The second kappa shape index (κ2) is 2.48. The summed E-state index contributed by atoms with van der Waals surface area (Å²) in [6.07, 6.45) is 3.21. The first kappa shape index (κ1) is 7.39. The van der Waals surface area contributed by atoms with Gasteiger partial charge < -0.3 is 9.47 Å². The molecular formula is C11H12O2. The number of fused-ring (bicyclic) bond motifs is 3. The van der Waals surface area contributed by atoms with Gasteiger partial charge in [-0.2, -0.15) is 0 Å². The Labute approximate surface area is 77.5 Å². The Kier molecular flexibility index (Phi) is 1.41. The number of epoxide rings is 1. The molecule has 0 amide bonds. The molecular weight excluding hydrogens is 164 g/mol. The van der Waals surface area contributed by atoms with Crippen LogP contribution in [0.15, 0.2) is 18.2 Å². The van der Waals surface area contributed by atoms with E-state index in [1.807, 2.05) is 6.07 Å². The van der Waals surface area contributed by atoms with Crippen LogP contribution in [-0.4, -0.2) is 13.2 Å². The molecule has 1 aromatic rings. The van der Waals surface area contributed by atoms with E-state index in [1.54, 1.807) is 7.11 Å². The Hall–Kier alpha value is -1.02. The molecule has 2 heteroatoms. The molecule has 1 saturated heterocycles. The van der Waals surface area contributed by atoms with Gasteiger partial charge in [-0.3, -0.25) is 0 Å². The number of hydrogen-bond donors (Lipinski definition) is 0. The molecule has 0 spiro atoms. The van der Waals surface area contributed by atoms with Crippen LogP contribution in [0.4, 0.5) is 0 Å². The van der Waals surface area contributed by atoms with Crippen LogP contribution in [0.3, 0.4) is 0 Å². The van der Waals surface area contributed by atoms with E-state index in [2.05, 4.69) is 12.1 Å². The minimum Gasteiger partial charge on any atom is -0.497 e. The van der Waals surface area contributed by atoms with E-state index in [9.17, 15) is 0 Å². The first-order valence-electron chi connectivity index (χ1n) is 4.71. The van der Waals surface area contributed by atoms with Crippen molar-refractivity contribution < 1.29 is 9.47 Å². The maximum atomic E-state index is 5.55. The molecule has 1 heterocycles. The van der Waals surface area contributed by atoms with Crippen LogP contribution in [0.5, 0.6) is 5.75 Å². The molecule has 1 fully saturated rings. The van der Waals surface area contributed by atoms with Crippen molar-refractivity contribution in [3.63, 3.8) is 0 Å². The fourth-order valence-electron chi connectivity index (χ4n) is 2.13. The quantitative estimate of drug-likeness (QED) is 0.611. The molecule has 2 unspecified atom stereocenters. The second-order valence-corrected chi connectivity index (χ2v) is 3.70. The lowest BCUT2D eigenvalue weighted by Crippen LogP contribution is -2.04. The third-order valence-electron chi connectivity index (χ3n) is 2.94. The fraction of sp³-hybridized carbons (Fsp3) is 0.455. The molecule has 68 valence electrons. The van der Waals surface area contributed by atoms with Gasteiger partial charge in [0.25, 0.3) is 0 Å². The summed E-state index contributed by atoms with van der Waals surface area (Å²) >= 11 is 0. The largest absolute Gasteiger partial charge is 0.497 e. The lowest BCUT2D eigenvalue weighted by atomic mass is 9.92. The molecule has 0 radical (unpaired) electrons. The first-order valence-corrected chi connectivity index (χ1v) is 4.71. The lowest BCUT2D eigenvalue weighted by molar-refractivity contribution is 0.372. The summed E-state index contributed by atoms with van der Waals surface area (Å²) < 4.78 is 10.7. The van der Waals surface area contributed by atoms with E-state index >= 15 is 0 Å². The van der Waals surface area contributed by atoms with Crippen molar-refractivity contribution in [2.45, 2.75) is 25.0 Å².